The summed E-state index contributed by atoms with van der Waals surface area (Å²) in [4.78, 5) is 22.4. The normalized spacial score (nSPS) is 12.2. The van der Waals surface area contributed by atoms with Crippen LogP contribution in [-0.2, 0) is 4.79 Å². The highest BCUT2D eigenvalue weighted by Crippen LogP contribution is 2.37. The first-order valence-corrected chi connectivity index (χ1v) is 8.59. The summed E-state index contributed by atoms with van der Waals surface area (Å²) in [5.41, 5.74) is 2.17. The average Bonchev–Trinajstić information content (AvgIpc) is 3.07. The van der Waals surface area contributed by atoms with Crippen molar-refractivity contribution in [2.24, 2.45) is 5.10 Å². The minimum absolute atomic E-state index is 0.0125. The number of rotatable bonds is 6. The molecule has 0 unspecified atom stereocenters. The van der Waals surface area contributed by atoms with Gasteiger partial charge in [-0.05, 0) is 40.2 Å². The van der Waals surface area contributed by atoms with Crippen molar-refractivity contribution in [1.82, 2.24) is 5.43 Å². The molecule has 0 radical (unpaired) electrons. The molecule has 3 rings (SSSR count). The van der Waals surface area contributed by atoms with Crippen molar-refractivity contribution in [3.05, 3.63) is 55.5 Å². The Kier molecular flexibility index (Phi) is 5.77. The Morgan fingerprint density at radius 3 is 2.81 bits per heavy atom. The maximum Gasteiger partial charge on any atom is 0.282 e. The molecule has 1 heterocycles. The lowest BCUT2D eigenvalue weighted by Gasteiger charge is -2.07. The molecule has 9 nitrogen and oxygen atoms in total. The summed E-state index contributed by atoms with van der Waals surface area (Å²) >= 11 is 9.10. The van der Waals surface area contributed by atoms with Gasteiger partial charge >= 0.3 is 0 Å². The molecule has 0 saturated carbocycles. The van der Waals surface area contributed by atoms with Crippen LogP contribution in [0.25, 0.3) is 0 Å². The first-order valence-electron chi connectivity index (χ1n) is 7.42. The van der Waals surface area contributed by atoms with Crippen LogP contribution in [0, 0.1) is 10.1 Å². The van der Waals surface area contributed by atoms with E-state index in [2.05, 4.69) is 26.5 Å². The van der Waals surface area contributed by atoms with Crippen LogP contribution in [0.1, 0.15) is 5.56 Å². The molecule has 0 bridgehead atoms. The molecule has 0 fully saturated rings. The number of carbonyl (C=O) groups excluding carboxylic acids is 1. The summed E-state index contributed by atoms with van der Waals surface area (Å²) in [5.74, 6) is 0.538. The van der Waals surface area contributed by atoms with Crippen molar-refractivity contribution < 1.29 is 23.9 Å². The molecule has 1 N–H and O–H groups in total. The fourth-order valence-corrected chi connectivity index (χ4v) is 2.95. The monoisotopic (exact) mass is 455 g/mol. The predicted molar refractivity (Wildman–Crippen MR) is 99.6 cm³/mol. The van der Waals surface area contributed by atoms with E-state index in [0.29, 0.717) is 21.0 Å². The lowest BCUT2D eigenvalue weighted by atomic mass is 10.1. The zero-order valence-electron chi connectivity index (χ0n) is 13.5. The van der Waals surface area contributed by atoms with Gasteiger partial charge < -0.3 is 14.2 Å². The summed E-state index contributed by atoms with van der Waals surface area (Å²) in [6.07, 6.45) is 1.15. The van der Waals surface area contributed by atoms with Gasteiger partial charge in [-0.3, -0.25) is 14.9 Å². The molecule has 140 valence electrons. The highest BCUT2D eigenvalue weighted by molar-refractivity contribution is 9.10. The Morgan fingerprint density at radius 1 is 1.37 bits per heavy atom. The van der Waals surface area contributed by atoms with Crippen LogP contribution < -0.4 is 19.6 Å². The molecule has 1 aliphatic rings. The zero-order chi connectivity index (χ0) is 19.4. The van der Waals surface area contributed by atoms with Crippen LogP contribution in [0.15, 0.2) is 39.9 Å². The number of hydrazone groups is 1. The lowest BCUT2D eigenvalue weighted by molar-refractivity contribution is -0.385. The highest BCUT2D eigenvalue weighted by atomic mass is 79.9. The maximum atomic E-state index is 11.8. The van der Waals surface area contributed by atoms with Crippen LogP contribution in [0.5, 0.6) is 17.2 Å². The second-order valence-electron chi connectivity index (χ2n) is 5.18. The Morgan fingerprint density at radius 2 is 2.11 bits per heavy atom. The second kappa shape index (κ2) is 8.23. The minimum atomic E-state index is -0.577. The SMILES string of the molecule is O=C(COc1ccc(Cl)cc1Br)NN=Cc1cc2c(cc1[N+](=O)[O-])OCO2. The van der Waals surface area contributed by atoms with Crippen molar-refractivity contribution in [1.29, 1.82) is 0 Å². The molecule has 1 aliphatic heterocycles. The van der Waals surface area contributed by atoms with Gasteiger partial charge in [-0.2, -0.15) is 5.10 Å². The summed E-state index contributed by atoms with van der Waals surface area (Å²) in [7, 11) is 0. The van der Waals surface area contributed by atoms with Crippen molar-refractivity contribution in [3.63, 3.8) is 0 Å². The third-order valence-corrected chi connectivity index (χ3v) is 4.22. The molecular weight excluding hydrogens is 446 g/mol. The average molecular weight is 457 g/mol. The Hall–Kier alpha value is -2.85. The van der Waals surface area contributed by atoms with E-state index in [0.717, 1.165) is 6.21 Å². The van der Waals surface area contributed by atoms with Crippen LogP contribution in [0.3, 0.4) is 0 Å². The number of ether oxygens (including phenoxy) is 3. The third kappa shape index (κ3) is 4.66. The van der Waals surface area contributed by atoms with Crippen LogP contribution in [0.2, 0.25) is 5.02 Å². The number of hydrogen-bond acceptors (Lipinski definition) is 7. The number of hydrogen-bond donors (Lipinski definition) is 1. The minimum Gasteiger partial charge on any atom is -0.483 e. The molecule has 0 saturated heterocycles. The predicted octanol–water partition coefficient (Wildman–Crippen LogP) is 3.27. The van der Waals surface area contributed by atoms with Crippen molar-refractivity contribution in [3.8, 4) is 17.2 Å². The van der Waals surface area contributed by atoms with Gasteiger partial charge in [-0.25, -0.2) is 5.43 Å². The molecule has 2 aromatic rings. The van der Waals surface area contributed by atoms with Gasteiger partial charge in [0.15, 0.2) is 18.1 Å². The van der Waals surface area contributed by atoms with E-state index < -0.39 is 10.8 Å². The molecule has 2 aromatic carbocycles. The molecular formula is C16H11BrClN3O6. The van der Waals surface area contributed by atoms with Crippen LogP contribution in [0.4, 0.5) is 5.69 Å². The van der Waals surface area contributed by atoms with E-state index in [1.54, 1.807) is 18.2 Å². The molecule has 1 amide bonds. The van der Waals surface area contributed by atoms with Gasteiger partial charge in [0, 0.05) is 5.02 Å². The summed E-state index contributed by atoms with van der Waals surface area (Å²) in [6, 6.07) is 7.52. The molecule has 11 heteroatoms. The zero-order valence-corrected chi connectivity index (χ0v) is 15.8. The first kappa shape index (κ1) is 18.9. The van der Waals surface area contributed by atoms with E-state index in [1.165, 1.54) is 12.1 Å². The Bertz CT molecular complexity index is 937. The smallest absolute Gasteiger partial charge is 0.282 e. The van der Waals surface area contributed by atoms with Crippen molar-refractivity contribution >= 4 is 45.3 Å². The molecule has 0 atom stereocenters. The fourth-order valence-electron chi connectivity index (χ4n) is 2.15. The standard InChI is InChI=1S/C16H11BrClN3O6/c17-11-4-10(18)1-2-13(11)25-7-16(22)20-19-6-9-3-14-15(27-8-26-14)5-12(9)21(23)24/h1-6H,7-8H2,(H,20,22). The summed E-state index contributed by atoms with van der Waals surface area (Å²) < 4.78 is 16.2. The largest absolute Gasteiger partial charge is 0.483 e. The van der Waals surface area contributed by atoms with Gasteiger partial charge in [0.1, 0.15) is 5.75 Å². The summed E-state index contributed by atoms with van der Waals surface area (Å²) in [6.45, 7) is -0.317. The first-order chi connectivity index (χ1) is 12.9. The fraction of sp³-hybridized carbons (Fsp3) is 0.125. The van der Waals surface area contributed by atoms with Gasteiger partial charge in [0.2, 0.25) is 6.79 Å². The number of nitrogens with one attached hydrogen (secondary N) is 1. The van der Waals surface area contributed by atoms with Gasteiger partial charge in [-0.15, -0.1) is 0 Å². The van der Waals surface area contributed by atoms with Gasteiger partial charge in [-0.1, -0.05) is 11.6 Å². The lowest BCUT2D eigenvalue weighted by Crippen LogP contribution is -2.24. The van der Waals surface area contributed by atoms with Crippen LogP contribution in [-0.4, -0.2) is 30.4 Å². The molecule has 0 aliphatic carbocycles. The highest BCUT2D eigenvalue weighted by Gasteiger charge is 2.22. The number of carbonyl (C=O) groups is 1. The van der Waals surface area contributed by atoms with Gasteiger partial charge in [0.25, 0.3) is 11.6 Å². The quantitative estimate of drug-likeness (QED) is 0.406. The summed E-state index contributed by atoms with van der Waals surface area (Å²) in [5, 5.41) is 15.4. The Balaban J connectivity index is 1.62. The van der Waals surface area contributed by atoms with E-state index in [9.17, 15) is 14.9 Å². The number of halogens is 2. The maximum absolute atomic E-state index is 11.8. The molecule has 0 spiro atoms. The number of amides is 1. The molecule has 0 aromatic heterocycles. The van der Waals surface area contributed by atoms with Crippen LogP contribution >= 0.6 is 27.5 Å². The number of nitro benzene ring substituents is 1. The van der Waals surface area contributed by atoms with Crippen molar-refractivity contribution in [2.45, 2.75) is 0 Å². The second-order valence-corrected chi connectivity index (χ2v) is 6.47. The number of nitro groups is 1. The Labute approximate surface area is 166 Å². The van der Waals surface area contributed by atoms with E-state index in [4.69, 9.17) is 25.8 Å². The number of nitrogens with zero attached hydrogens (tertiary/aromatic N) is 2. The number of benzene rings is 2. The van der Waals surface area contributed by atoms with E-state index in [-0.39, 0.29) is 30.4 Å². The van der Waals surface area contributed by atoms with E-state index >= 15 is 0 Å². The number of fused-ring (bicyclic) bond motifs is 1. The topological polar surface area (TPSA) is 112 Å². The van der Waals surface area contributed by atoms with Gasteiger partial charge in [0.05, 0.1) is 27.2 Å². The third-order valence-electron chi connectivity index (χ3n) is 3.36. The molecule has 27 heavy (non-hydrogen) atoms. The van der Waals surface area contributed by atoms with E-state index in [1.807, 2.05) is 0 Å². The van der Waals surface area contributed by atoms with Crippen molar-refractivity contribution in [2.75, 3.05) is 13.4 Å².